The zero-order valence-corrected chi connectivity index (χ0v) is 10.3. The van der Waals surface area contributed by atoms with Gasteiger partial charge in [-0.05, 0) is 12.8 Å². The number of carbonyl (C=O) groups excluding carboxylic acids is 2. The Hall–Kier alpha value is -0.160. The summed E-state index contributed by atoms with van der Waals surface area (Å²) in [6.07, 6.45) is 0.579. The zero-order valence-electron chi connectivity index (χ0n) is 8.56. The summed E-state index contributed by atoms with van der Waals surface area (Å²) in [5.41, 5.74) is -1.03. The second kappa shape index (κ2) is 4.37. The van der Waals surface area contributed by atoms with Gasteiger partial charge in [0.1, 0.15) is 6.16 Å². The third-order valence-corrected chi connectivity index (χ3v) is 4.80. The number of rotatable bonds is 6. The van der Waals surface area contributed by atoms with Gasteiger partial charge in [-0.25, -0.2) is 0 Å². The number of hydrogen-bond donors (Lipinski definition) is 1. The van der Waals surface area contributed by atoms with Crippen LogP contribution in [0.5, 0.6) is 0 Å². The molecule has 0 bridgehead atoms. The third kappa shape index (κ3) is 2.50. The number of carbonyl (C=O) groups is 2. The van der Waals surface area contributed by atoms with Crippen molar-refractivity contribution in [2.75, 3.05) is 20.4 Å². The van der Waals surface area contributed by atoms with E-state index >= 15 is 0 Å². The maximum atomic E-state index is 11.7. The lowest BCUT2D eigenvalue weighted by Crippen LogP contribution is -2.25. The van der Waals surface area contributed by atoms with Gasteiger partial charge in [-0.3, -0.25) is 14.2 Å². The highest BCUT2D eigenvalue weighted by Gasteiger charge is 2.55. The zero-order chi connectivity index (χ0) is 11.7. The quantitative estimate of drug-likeness (QED) is 0.438. The molecule has 0 aromatic carbocycles. The first-order valence-corrected chi connectivity index (χ1v) is 6.55. The van der Waals surface area contributed by atoms with Crippen molar-refractivity contribution < 1.29 is 23.2 Å². The highest BCUT2D eigenvalue weighted by atomic mass is 32.1. The van der Waals surface area contributed by atoms with E-state index in [1.165, 1.54) is 14.2 Å². The molecule has 1 aliphatic carbocycles. The molecule has 0 heterocycles. The summed E-state index contributed by atoms with van der Waals surface area (Å²) in [6, 6.07) is 0. The summed E-state index contributed by atoms with van der Waals surface area (Å²) in [6.45, 7) is 0. The Morgan fingerprint density at radius 3 is 2.07 bits per heavy atom. The summed E-state index contributed by atoms with van der Waals surface area (Å²) in [7, 11) is -0.953. The van der Waals surface area contributed by atoms with Gasteiger partial charge in [-0.1, -0.05) is 0 Å². The fourth-order valence-corrected chi connectivity index (χ4v) is 2.68. The topological polar surface area (TPSA) is 69.7 Å². The monoisotopic (exact) mass is 252 g/mol. The van der Waals surface area contributed by atoms with E-state index in [0.29, 0.717) is 12.8 Å². The highest BCUT2D eigenvalue weighted by Crippen LogP contribution is 2.54. The highest BCUT2D eigenvalue weighted by molar-refractivity contribution is 7.96. The molecule has 15 heavy (non-hydrogen) atoms. The van der Waals surface area contributed by atoms with Crippen LogP contribution >= 0.6 is 20.2 Å². The van der Waals surface area contributed by atoms with Gasteiger partial charge >= 0.3 is 7.60 Å². The van der Waals surface area contributed by atoms with Gasteiger partial charge in [0.05, 0.1) is 5.41 Å². The van der Waals surface area contributed by atoms with Crippen molar-refractivity contribution >= 4 is 31.1 Å². The molecule has 0 saturated heterocycles. The van der Waals surface area contributed by atoms with Gasteiger partial charge in [0, 0.05) is 14.2 Å². The molecule has 0 aromatic heterocycles. The number of Topliss-reactive ketones (excluding diaryl/α,β-unsaturated/α-hetero) is 1. The molecule has 1 rings (SSSR count). The van der Waals surface area contributed by atoms with Crippen molar-refractivity contribution in [2.45, 2.75) is 12.8 Å². The molecule has 0 unspecified atom stereocenters. The Bertz CT molecular complexity index is 328. The largest absolute Gasteiger partial charge is 0.337 e. The van der Waals surface area contributed by atoms with E-state index in [0.717, 1.165) is 0 Å². The molecule has 0 atom stereocenters. The maximum absolute atomic E-state index is 11.7. The molecule has 0 spiro atoms. The van der Waals surface area contributed by atoms with Crippen molar-refractivity contribution in [3.63, 3.8) is 0 Å². The average molecular weight is 252 g/mol. The van der Waals surface area contributed by atoms with E-state index in [-0.39, 0.29) is 6.16 Å². The van der Waals surface area contributed by atoms with Gasteiger partial charge in [-0.2, -0.15) is 0 Å². The Balaban J connectivity index is 2.72. The SMILES string of the molecule is COP(=O)(CC(=O)C1(C(=O)S)CC1)OC. The van der Waals surface area contributed by atoms with Crippen molar-refractivity contribution in [3.8, 4) is 0 Å². The van der Waals surface area contributed by atoms with Crippen molar-refractivity contribution in [1.82, 2.24) is 0 Å². The van der Waals surface area contributed by atoms with Crippen LogP contribution in [-0.2, 0) is 23.2 Å². The first-order valence-electron chi connectivity index (χ1n) is 4.37. The molecule has 0 aliphatic heterocycles. The first kappa shape index (κ1) is 12.9. The number of hydrogen-bond acceptors (Lipinski definition) is 5. The van der Waals surface area contributed by atoms with Crippen LogP contribution in [-0.4, -0.2) is 31.3 Å². The molecule has 5 nitrogen and oxygen atoms in total. The lowest BCUT2D eigenvalue weighted by atomic mass is 10.1. The predicted molar refractivity (Wildman–Crippen MR) is 57.2 cm³/mol. The van der Waals surface area contributed by atoms with Crippen LogP contribution in [0.2, 0.25) is 0 Å². The van der Waals surface area contributed by atoms with Crippen LogP contribution in [0.3, 0.4) is 0 Å². The van der Waals surface area contributed by atoms with Gasteiger partial charge in [-0.15, -0.1) is 12.6 Å². The average Bonchev–Trinajstić information content (AvgIpc) is 2.98. The van der Waals surface area contributed by atoms with Crippen LogP contribution in [0.1, 0.15) is 12.8 Å². The van der Waals surface area contributed by atoms with E-state index in [2.05, 4.69) is 21.7 Å². The molecular formula is C8H13O5PS. The van der Waals surface area contributed by atoms with Gasteiger partial charge in [0.25, 0.3) is 0 Å². The normalized spacial score (nSPS) is 18.6. The van der Waals surface area contributed by atoms with Crippen LogP contribution in [0.4, 0.5) is 0 Å². The van der Waals surface area contributed by atoms with Crippen LogP contribution in [0.15, 0.2) is 0 Å². The summed E-state index contributed by atoms with van der Waals surface area (Å²) in [5.74, 6) is -0.408. The molecule has 1 aliphatic rings. The third-order valence-electron chi connectivity index (χ3n) is 2.59. The molecular weight excluding hydrogens is 239 g/mol. The molecule has 7 heteroatoms. The lowest BCUT2D eigenvalue weighted by Gasteiger charge is -2.15. The Kier molecular flexibility index (Phi) is 3.76. The van der Waals surface area contributed by atoms with Crippen molar-refractivity contribution in [1.29, 1.82) is 0 Å². The molecule has 1 saturated carbocycles. The standard InChI is InChI=1S/C8H13O5PS/c1-12-14(11,13-2)5-6(9)8(3-4-8)7(10)15/h3-5H2,1-2H3,(H,10,15). The van der Waals surface area contributed by atoms with Crippen LogP contribution in [0.25, 0.3) is 0 Å². The van der Waals surface area contributed by atoms with Gasteiger partial charge in [0.15, 0.2) is 10.9 Å². The minimum absolute atomic E-state index is 0.369. The van der Waals surface area contributed by atoms with E-state index in [4.69, 9.17) is 0 Å². The first-order chi connectivity index (χ1) is 6.90. The van der Waals surface area contributed by atoms with E-state index < -0.39 is 23.9 Å². The smallest absolute Gasteiger partial charge is 0.312 e. The number of thiol groups is 1. The minimum atomic E-state index is -3.37. The predicted octanol–water partition coefficient (Wildman–Crippen LogP) is 1.28. The molecule has 1 fully saturated rings. The fraction of sp³-hybridized carbons (Fsp3) is 0.750. The second-order valence-electron chi connectivity index (χ2n) is 3.44. The molecule has 0 N–H and O–H groups in total. The van der Waals surface area contributed by atoms with E-state index in [1.54, 1.807) is 0 Å². The van der Waals surface area contributed by atoms with Gasteiger partial charge in [0.2, 0.25) is 0 Å². The van der Waals surface area contributed by atoms with Gasteiger partial charge < -0.3 is 9.05 Å². The van der Waals surface area contributed by atoms with Crippen LogP contribution < -0.4 is 0 Å². The summed E-state index contributed by atoms with van der Waals surface area (Å²) < 4.78 is 20.9. The summed E-state index contributed by atoms with van der Waals surface area (Å²) in [5, 5.41) is -0.466. The number of ketones is 1. The molecule has 0 radical (unpaired) electrons. The molecule has 0 amide bonds. The summed E-state index contributed by atoms with van der Waals surface area (Å²) >= 11 is 3.66. The van der Waals surface area contributed by atoms with E-state index in [9.17, 15) is 14.2 Å². The van der Waals surface area contributed by atoms with Crippen molar-refractivity contribution in [3.05, 3.63) is 0 Å². The van der Waals surface area contributed by atoms with Crippen LogP contribution in [0, 0.1) is 5.41 Å². The Labute approximate surface area is 93.5 Å². The molecule has 0 aromatic rings. The maximum Gasteiger partial charge on any atom is 0.337 e. The Morgan fingerprint density at radius 2 is 1.80 bits per heavy atom. The van der Waals surface area contributed by atoms with Crippen molar-refractivity contribution in [2.24, 2.45) is 5.41 Å². The van der Waals surface area contributed by atoms with E-state index in [1.807, 2.05) is 0 Å². The second-order valence-corrected chi connectivity index (χ2v) is 6.12. The molecule has 86 valence electrons. The minimum Gasteiger partial charge on any atom is -0.312 e. The lowest BCUT2D eigenvalue weighted by molar-refractivity contribution is -0.128. The fourth-order valence-electron chi connectivity index (χ4n) is 1.27. The Morgan fingerprint density at radius 1 is 1.33 bits per heavy atom. The summed E-state index contributed by atoms with van der Waals surface area (Å²) in [4.78, 5) is 22.8.